The van der Waals surface area contributed by atoms with Gasteiger partial charge in [-0.3, -0.25) is 0 Å². The van der Waals surface area contributed by atoms with E-state index in [9.17, 15) is 0 Å². The number of anilines is 1. The maximum atomic E-state index is 6.03. The molecule has 0 spiro atoms. The Morgan fingerprint density at radius 2 is 1.45 bits per heavy atom. The van der Waals surface area contributed by atoms with Crippen LogP contribution in [0.3, 0.4) is 0 Å². The normalized spacial score (nSPS) is 12.2. The third kappa shape index (κ3) is 3.20. The van der Waals surface area contributed by atoms with E-state index in [1.807, 2.05) is 0 Å². The topological polar surface area (TPSA) is 29.3 Å². The molecule has 2 aromatic rings. The molecule has 20 heavy (non-hydrogen) atoms. The number of rotatable bonds is 4. The number of hydrogen-bond acceptors (Lipinski definition) is 2. The molecule has 0 saturated heterocycles. The summed E-state index contributed by atoms with van der Waals surface area (Å²) in [7, 11) is 2.11. The van der Waals surface area contributed by atoms with E-state index in [-0.39, 0.29) is 6.04 Å². The Bertz CT molecular complexity index is 552. The number of aryl methyl sites for hydroxylation is 3. The maximum absolute atomic E-state index is 6.03. The minimum atomic E-state index is 0.205. The van der Waals surface area contributed by atoms with Gasteiger partial charge >= 0.3 is 0 Å². The zero-order valence-corrected chi connectivity index (χ0v) is 12.9. The Labute approximate surface area is 122 Å². The van der Waals surface area contributed by atoms with Crippen molar-refractivity contribution in [2.24, 2.45) is 5.73 Å². The van der Waals surface area contributed by atoms with Crippen LogP contribution in [0.15, 0.2) is 42.5 Å². The summed E-state index contributed by atoms with van der Waals surface area (Å²) in [4.78, 5) is 2.26. The highest BCUT2D eigenvalue weighted by Crippen LogP contribution is 2.26. The molecule has 2 rings (SSSR count). The van der Waals surface area contributed by atoms with Gasteiger partial charge in [0.15, 0.2) is 0 Å². The Morgan fingerprint density at radius 1 is 0.900 bits per heavy atom. The highest BCUT2D eigenvalue weighted by atomic mass is 15.1. The third-order valence-electron chi connectivity index (χ3n) is 3.76. The first-order valence-electron chi connectivity index (χ1n) is 7.09. The zero-order chi connectivity index (χ0) is 14.7. The van der Waals surface area contributed by atoms with Crippen molar-refractivity contribution in [1.82, 2.24) is 0 Å². The predicted octanol–water partition coefficient (Wildman–Crippen LogP) is 3.75. The van der Waals surface area contributed by atoms with Crippen molar-refractivity contribution in [1.29, 1.82) is 0 Å². The fraction of sp³-hybridized carbons (Fsp3) is 0.333. The summed E-state index contributed by atoms with van der Waals surface area (Å²) in [5.41, 5.74) is 12.4. The van der Waals surface area contributed by atoms with Crippen molar-refractivity contribution in [2.45, 2.75) is 26.8 Å². The lowest BCUT2D eigenvalue weighted by Crippen LogP contribution is -2.30. The van der Waals surface area contributed by atoms with Crippen LogP contribution in [0.25, 0.3) is 0 Å². The first kappa shape index (κ1) is 14.6. The van der Waals surface area contributed by atoms with Crippen molar-refractivity contribution in [3.05, 3.63) is 64.7 Å². The molecule has 2 aromatic carbocycles. The second-order valence-electron chi connectivity index (χ2n) is 5.62. The molecular weight excluding hydrogens is 244 g/mol. The Morgan fingerprint density at radius 3 is 1.95 bits per heavy atom. The number of nitrogens with two attached hydrogens (primary N) is 1. The molecule has 0 aromatic heterocycles. The van der Waals surface area contributed by atoms with Crippen LogP contribution >= 0.6 is 0 Å². The second-order valence-corrected chi connectivity index (χ2v) is 5.62. The maximum Gasteiger partial charge on any atom is 0.0661 e. The highest BCUT2D eigenvalue weighted by molar-refractivity contribution is 5.50. The SMILES string of the molecule is Cc1ccc(N(C)C(CN)c2cc(C)cc(C)c2)cc1. The molecule has 0 aliphatic heterocycles. The summed E-state index contributed by atoms with van der Waals surface area (Å²) in [6.45, 7) is 6.98. The van der Waals surface area contributed by atoms with Crippen LogP contribution in [-0.4, -0.2) is 13.6 Å². The molecule has 0 bridgehead atoms. The number of benzene rings is 2. The van der Waals surface area contributed by atoms with Crippen LogP contribution in [0.5, 0.6) is 0 Å². The van der Waals surface area contributed by atoms with E-state index >= 15 is 0 Å². The van der Waals surface area contributed by atoms with Crippen molar-refractivity contribution < 1.29 is 0 Å². The average molecular weight is 268 g/mol. The van der Waals surface area contributed by atoms with Gasteiger partial charge in [-0.2, -0.15) is 0 Å². The van der Waals surface area contributed by atoms with Gasteiger partial charge < -0.3 is 10.6 Å². The van der Waals surface area contributed by atoms with Gasteiger partial charge in [-0.15, -0.1) is 0 Å². The molecule has 0 aliphatic carbocycles. The standard InChI is InChI=1S/C18H24N2/c1-13-5-7-17(8-6-13)20(4)18(12-19)16-10-14(2)9-15(3)11-16/h5-11,18H,12,19H2,1-4H3. The average Bonchev–Trinajstić information content (AvgIpc) is 2.39. The molecule has 1 atom stereocenters. The predicted molar refractivity (Wildman–Crippen MR) is 87.3 cm³/mol. The lowest BCUT2D eigenvalue weighted by molar-refractivity contribution is 0.679. The summed E-state index contributed by atoms with van der Waals surface area (Å²) in [5, 5.41) is 0. The molecule has 0 aliphatic rings. The van der Waals surface area contributed by atoms with E-state index in [4.69, 9.17) is 5.73 Å². The summed E-state index contributed by atoms with van der Waals surface area (Å²) in [6, 6.07) is 15.5. The first-order chi connectivity index (χ1) is 9.51. The van der Waals surface area contributed by atoms with E-state index in [2.05, 4.69) is 75.2 Å². The fourth-order valence-corrected chi connectivity index (χ4v) is 2.68. The molecule has 106 valence electrons. The number of likely N-dealkylation sites (N-methyl/N-ethyl adjacent to an activating group) is 1. The Balaban J connectivity index is 2.33. The van der Waals surface area contributed by atoms with Gasteiger partial charge in [0.2, 0.25) is 0 Å². The molecule has 0 saturated carbocycles. The highest BCUT2D eigenvalue weighted by Gasteiger charge is 2.16. The van der Waals surface area contributed by atoms with Crippen molar-refractivity contribution in [3.8, 4) is 0 Å². The van der Waals surface area contributed by atoms with Crippen LogP contribution in [0, 0.1) is 20.8 Å². The van der Waals surface area contributed by atoms with Gasteiger partial charge in [-0.25, -0.2) is 0 Å². The summed E-state index contributed by atoms with van der Waals surface area (Å²) in [5.74, 6) is 0. The quantitative estimate of drug-likeness (QED) is 0.915. The van der Waals surface area contributed by atoms with Crippen LogP contribution in [0.4, 0.5) is 5.69 Å². The molecule has 0 amide bonds. The van der Waals surface area contributed by atoms with Gasteiger partial charge in [0, 0.05) is 19.3 Å². The van der Waals surface area contributed by atoms with Gasteiger partial charge in [-0.1, -0.05) is 47.0 Å². The van der Waals surface area contributed by atoms with Crippen LogP contribution in [-0.2, 0) is 0 Å². The fourth-order valence-electron chi connectivity index (χ4n) is 2.68. The lowest BCUT2D eigenvalue weighted by atomic mass is 10.00. The summed E-state index contributed by atoms with van der Waals surface area (Å²) in [6.07, 6.45) is 0. The monoisotopic (exact) mass is 268 g/mol. The van der Waals surface area contributed by atoms with Gasteiger partial charge in [0.05, 0.1) is 6.04 Å². The molecular formula is C18H24N2. The van der Waals surface area contributed by atoms with E-state index in [0.29, 0.717) is 6.54 Å². The second kappa shape index (κ2) is 6.10. The molecule has 2 nitrogen and oxygen atoms in total. The Kier molecular flexibility index (Phi) is 4.46. The van der Waals surface area contributed by atoms with Gasteiger partial charge in [0.25, 0.3) is 0 Å². The van der Waals surface area contributed by atoms with Crippen LogP contribution in [0.1, 0.15) is 28.3 Å². The molecule has 2 N–H and O–H groups in total. The van der Waals surface area contributed by atoms with Crippen LogP contribution in [0.2, 0.25) is 0 Å². The minimum absolute atomic E-state index is 0.205. The van der Waals surface area contributed by atoms with Gasteiger partial charge in [-0.05, 0) is 38.5 Å². The summed E-state index contributed by atoms with van der Waals surface area (Å²) < 4.78 is 0. The minimum Gasteiger partial charge on any atom is -0.366 e. The lowest BCUT2D eigenvalue weighted by Gasteiger charge is -2.30. The molecule has 0 heterocycles. The van der Waals surface area contributed by atoms with Crippen LogP contribution < -0.4 is 10.6 Å². The number of hydrogen-bond donors (Lipinski definition) is 1. The largest absolute Gasteiger partial charge is 0.366 e. The molecule has 2 heteroatoms. The smallest absolute Gasteiger partial charge is 0.0661 e. The van der Waals surface area contributed by atoms with Crippen molar-refractivity contribution in [2.75, 3.05) is 18.5 Å². The molecule has 1 unspecified atom stereocenters. The Hall–Kier alpha value is -1.80. The van der Waals surface area contributed by atoms with Crippen molar-refractivity contribution >= 4 is 5.69 Å². The van der Waals surface area contributed by atoms with E-state index < -0.39 is 0 Å². The van der Waals surface area contributed by atoms with E-state index in [1.54, 1.807) is 0 Å². The first-order valence-corrected chi connectivity index (χ1v) is 7.09. The van der Waals surface area contributed by atoms with E-state index in [1.165, 1.54) is 27.9 Å². The van der Waals surface area contributed by atoms with Crippen molar-refractivity contribution in [3.63, 3.8) is 0 Å². The van der Waals surface area contributed by atoms with E-state index in [0.717, 1.165) is 0 Å². The third-order valence-corrected chi connectivity index (χ3v) is 3.76. The molecule has 0 radical (unpaired) electrons. The zero-order valence-electron chi connectivity index (χ0n) is 12.9. The summed E-state index contributed by atoms with van der Waals surface area (Å²) >= 11 is 0. The molecule has 0 fully saturated rings. The van der Waals surface area contributed by atoms with Gasteiger partial charge in [0.1, 0.15) is 0 Å². The number of nitrogens with zero attached hydrogens (tertiary/aromatic N) is 1.